The van der Waals surface area contributed by atoms with Crippen LogP contribution in [-0.4, -0.2) is 29.1 Å². The maximum atomic E-state index is 10.4. The minimum absolute atomic E-state index is 0.227. The number of hydrogen-bond donors (Lipinski definition) is 1. The molecule has 1 heterocycles. The summed E-state index contributed by atoms with van der Waals surface area (Å²) in [6.07, 6.45) is 4.52. The van der Waals surface area contributed by atoms with Gasteiger partial charge in [-0.3, -0.25) is 4.79 Å². The molecule has 1 aliphatic heterocycles. The van der Waals surface area contributed by atoms with Crippen molar-refractivity contribution in [1.82, 2.24) is 0 Å². The smallest absolute Gasteiger partial charge is 0.303 e. The molecule has 0 radical (unpaired) electrons. The Labute approximate surface area is 95.9 Å². The van der Waals surface area contributed by atoms with E-state index < -0.39 is 11.8 Å². The largest absolute Gasteiger partial charge is 0.481 e. The molecule has 1 saturated carbocycles. The summed E-state index contributed by atoms with van der Waals surface area (Å²) in [5.41, 5.74) is 0. The van der Waals surface area contributed by atoms with Crippen molar-refractivity contribution in [3.63, 3.8) is 0 Å². The second-order valence-corrected chi connectivity index (χ2v) is 5.34. The molecule has 2 aliphatic rings. The summed E-state index contributed by atoms with van der Waals surface area (Å²) in [6, 6.07) is 0. The summed E-state index contributed by atoms with van der Waals surface area (Å²) in [5.74, 6) is -0.557. The molecule has 0 amide bonds. The lowest BCUT2D eigenvalue weighted by Crippen LogP contribution is -2.23. The van der Waals surface area contributed by atoms with Gasteiger partial charge < -0.3 is 14.6 Å². The third-order valence-electron chi connectivity index (χ3n) is 3.42. The van der Waals surface area contributed by atoms with E-state index in [2.05, 4.69) is 0 Å². The first kappa shape index (κ1) is 11.9. The van der Waals surface area contributed by atoms with E-state index in [4.69, 9.17) is 14.6 Å². The van der Waals surface area contributed by atoms with Gasteiger partial charge in [0, 0.05) is 6.42 Å². The van der Waals surface area contributed by atoms with Crippen LogP contribution < -0.4 is 0 Å². The normalized spacial score (nSPS) is 36.2. The Balaban J connectivity index is 1.73. The number of carboxylic acid groups (broad SMARTS) is 1. The molecule has 0 aromatic rings. The van der Waals surface area contributed by atoms with E-state index in [0.717, 1.165) is 25.7 Å². The Morgan fingerprint density at radius 3 is 2.38 bits per heavy atom. The minimum Gasteiger partial charge on any atom is -0.481 e. The topological polar surface area (TPSA) is 55.8 Å². The van der Waals surface area contributed by atoms with Crippen LogP contribution in [0.5, 0.6) is 0 Å². The standard InChI is InChI=1S/C12H20O4/c1-12(2)15-9-6-8(7-10(9)16-12)4-3-5-11(13)14/h8-10H,3-7H2,1-2H3,(H,13,14)/t8?,9-,10+. The number of rotatable bonds is 4. The molecule has 1 aliphatic carbocycles. The molecule has 3 atom stereocenters. The fourth-order valence-corrected chi connectivity index (χ4v) is 2.84. The third-order valence-corrected chi connectivity index (χ3v) is 3.42. The highest BCUT2D eigenvalue weighted by molar-refractivity contribution is 5.66. The first-order chi connectivity index (χ1) is 7.46. The Bertz CT molecular complexity index is 258. The Kier molecular flexibility index (Phi) is 3.22. The molecule has 1 N–H and O–H groups in total. The van der Waals surface area contributed by atoms with Gasteiger partial charge in [-0.2, -0.15) is 0 Å². The Hall–Kier alpha value is -0.610. The van der Waals surface area contributed by atoms with Crippen molar-refractivity contribution in [2.24, 2.45) is 5.92 Å². The molecular weight excluding hydrogens is 208 g/mol. The SMILES string of the molecule is CC1(C)O[C@H]2CC(CCCC(=O)O)C[C@H]2O1. The monoisotopic (exact) mass is 228 g/mol. The molecule has 16 heavy (non-hydrogen) atoms. The van der Waals surface area contributed by atoms with Crippen LogP contribution in [0.25, 0.3) is 0 Å². The number of aliphatic carboxylic acids is 1. The van der Waals surface area contributed by atoms with Crippen LogP contribution >= 0.6 is 0 Å². The van der Waals surface area contributed by atoms with Crippen LogP contribution in [0.4, 0.5) is 0 Å². The first-order valence-corrected chi connectivity index (χ1v) is 6.04. The van der Waals surface area contributed by atoms with E-state index in [1.54, 1.807) is 0 Å². The molecule has 1 unspecified atom stereocenters. The van der Waals surface area contributed by atoms with Gasteiger partial charge in [0.25, 0.3) is 0 Å². The zero-order valence-corrected chi connectivity index (χ0v) is 9.94. The Morgan fingerprint density at radius 2 is 1.88 bits per heavy atom. The zero-order chi connectivity index (χ0) is 11.8. The molecule has 2 rings (SSSR count). The van der Waals surface area contributed by atoms with Crippen LogP contribution in [0, 0.1) is 5.92 Å². The van der Waals surface area contributed by atoms with Gasteiger partial charge in [-0.15, -0.1) is 0 Å². The van der Waals surface area contributed by atoms with Gasteiger partial charge in [-0.1, -0.05) is 0 Å². The van der Waals surface area contributed by atoms with E-state index in [9.17, 15) is 4.79 Å². The van der Waals surface area contributed by atoms with Gasteiger partial charge >= 0.3 is 5.97 Å². The first-order valence-electron chi connectivity index (χ1n) is 6.04. The highest BCUT2D eigenvalue weighted by Crippen LogP contribution is 2.42. The number of fused-ring (bicyclic) bond motifs is 1. The molecule has 2 fully saturated rings. The summed E-state index contributed by atoms with van der Waals surface area (Å²) < 4.78 is 11.6. The van der Waals surface area contributed by atoms with E-state index in [-0.39, 0.29) is 18.6 Å². The van der Waals surface area contributed by atoms with Crippen LogP contribution in [-0.2, 0) is 14.3 Å². The van der Waals surface area contributed by atoms with Crippen LogP contribution in [0.3, 0.4) is 0 Å². The maximum absolute atomic E-state index is 10.4. The summed E-state index contributed by atoms with van der Waals surface area (Å²) in [5, 5.41) is 8.57. The molecule has 4 nitrogen and oxygen atoms in total. The molecule has 0 aromatic heterocycles. The zero-order valence-electron chi connectivity index (χ0n) is 9.94. The highest BCUT2D eigenvalue weighted by Gasteiger charge is 2.46. The second kappa shape index (κ2) is 4.34. The summed E-state index contributed by atoms with van der Waals surface area (Å²) >= 11 is 0. The number of carboxylic acids is 1. The predicted octanol–water partition coefficient (Wildman–Crippen LogP) is 2.17. The molecule has 0 aromatic carbocycles. The summed E-state index contributed by atoms with van der Waals surface area (Å²) in [7, 11) is 0. The van der Waals surface area contributed by atoms with Crippen molar-refractivity contribution >= 4 is 5.97 Å². The van der Waals surface area contributed by atoms with Gasteiger partial charge in [-0.25, -0.2) is 0 Å². The van der Waals surface area contributed by atoms with E-state index in [0.29, 0.717) is 5.92 Å². The van der Waals surface area contributed by atoms with Crippen LogP contribution in [0.15, 0.2) is 0 Å². The molecule has 4 heteroatoms. The van der Waals surface area contributed by atoms with E-state index in [1.165, 1.54) is 0 Å². The van der Waals surface area contributed by atoms with Crippen molar-refractivity contribution in [1.29, 1.82) is 0 Å². The van der Waals surface area contributed by atoms with Gasteiger partial charge in [0.15, 0.2) is 5.79 Å². The number of ether oxygens (including phenoxy) is 2. The van der Waals surface area contributed by atoms with Gasteiger partial charge in [-0.05, 0) is 45.4 Å². The van der Waals surface area contributed by atoms with Gasteiger partial charge in [0.1, 0.15) is 0 Å². The second-order valence-electron chi connectivity index (χ2n) is 5.34. The molecule has 92 valence electrons. The molecule has 0 spiro atoms. The van der Waals surface area contributed by atoms with Crippen molar-refractivity contribution in [2.45, 2.75) is 63.9 Å². The summed E-state index contributed by atoms with van der Waals surface area (Å²) in [6.45, 7) is 3.90. The fraction of sp³-hybridized carbons (Fsp3) is 0.917. The lowest BCUT2D eigenvalue weighted by Gasteiger charge is -2.20. The number of hydrogen-bond acceptors (Lipinski definition) is 3. The highest BCUT2D eigenvalue weighted by atomic mass is 16.8. The molecule has 0 bridgehead atoms. The third kappa shape index (κ3) is 2.74. The Morgan fingerprint density at radius 1 is 1.31 bits per heavy atom. The van der Waals surface area contributed by atoms with Gasteiger partial charge in [0.2, 0.25) is 0 Å². The quantitative estimate of drug-likeness (QED) is 0.801. The lowest BCUT2D eigenvalue weighted by molar-refractivity contribution is -0.154. The summed E-state index contributed by atoms with van der Waals surface area (Å²) in [4.78, 5) is 10.4. The maximum Gasteiger partial charge on any atom is 0.303 e. The van der Waals surface area contributed by atoms with Crippen LogP contribution in [0.2, 0.25) is 0 Å². The van der Waals surface area contributed by atoms with Crippen LogP contribution in [0.1, 0.15) is 46.0 Å². The van der Waals surface area contributed by atoms with Crippen molar-refractivity contribution in [3.8, 4) is 0 Å². The van der Waals surface area contributed by atoms with Crippen molar-refractivity contribution in [3.05, 3.63) is 0 Å². The average molecular weight is 228 g/mol. The lowest BCUT2D eigenvalue weighted by atomic mass is 10.0. The average Bonchev–Trinajstić information content (AvgIpc) is 2.56. The van der Waals surface area contributed by atoms with E-state index >= 15 is 0 Å². The van der Waals surface area contributed by atoms with Crippen molar-refractivity contribution in [2.75, 3.05) is 0 Å². The molecule has 1 saturated heterocycles. The minimum atomic E-state index is -0.702. The van der Waals surface area contributed by atoms with Crippen molar-refractivity contribution < 1.29 is 19.4 Å². The molecular formula is C12H20O4. The number of carbonyl (C=O) groups is 1. The predicted molar refractivity (Wildman–Crippen MR) is 58.0 cm³/mol. The van der Waals surface area contributed by atoms with Gasteiger partial charge in [0.05, 0.1) is 12.2 Å². The fourth-order valence-electron chi connectivity index (χ4n) is 2.84. The van der Waals surface area contributed by atoms with E-state index in [1.807, 2.05) is 13.8 Å².